The third-order valence-corrected chi connectivity index (χ3v) is 2.82. The molecule has 7 nitrogen and oxygen atoms in total. The normalized spacial score (nSPS) is 14.5. The lowest BCUT2D eigenvalue weighted by Crippen LogP contribution is -2.44. The molecule has 7 heteroatoms. The number of aromatic nitrogens is 2. The third kappa shape index (κ3) is 2.50. The van der Waals surface area contributed by atoms with Crippen molar-refractivity contribution in [3.8, 4) is 0 Å². The van der Waals surface area contributed by atoms with Crippen LogP contribution >= 0.6 is 0 Å². The van der Waals surface area contributed by atoms with Crippen LogP contribution in [0.3, 0.4) is 0 Å². The molecular formula is C10H16N4O3. The zero-order valence-electron chi connectivity index (χ0n) is 9.71. The number of amides is 2. The number of aromatic amines is 2. The Morgan fingerprint density at radius 2 is 2.35 bits per heavy atom. The van der Waals surface area contributed by atoms with Crippen molar-refractivity contribution in [1.29, 1.82) is 0 Å². The average Bonchev–Trinajstić information content (AvgIpc) is 2.71. The highest BCUT2D eigenvalue weighted by molar-refractivity contribution is 5.74. The lowest BCUT2D eigenvalue weighted by atomic mass is 10.1. The standard InChI is InChI=1S/C10H16N4O3/c1-17-5-3-11-10(16)14-4-2-8-7(6-14)9(15)13-12-8/h2-6H2,1H3,(H,11,16)(H2,12,13,15). The van der Waals surface area contributed by atoms with E-state index in [1.54, 1.807) is 12.0 Å². The van der Waals surface area contributed by atoms with Crippen LogP contribution in [0, 0.1) is 0 Å². The number of nitrogens with zero attached hydrogens (tertiary/aromatic N) is 1. The first kappa shape index (κ1) is 11.7. The van der Waals surface area contributed by atoms with Gasteiger partial charge in [0.05, 0.1) is 18.7 Å². The molecule has 0 aliphatic carbocycles. The van der Waals surface area contributed by atoms with E-state index < -0.39 is 0 Å². The van der Waals surface area contributed by atoms with Crippen LogP contribution in [0.2, 0.25) is 0 Å². The van der Waals surface area contributed by atoms with Crippen molar-refractivity contribution in [2.75, 3.05) is 26.8 Å². The third-order valence-electron chi connectivity index (χ3n) is 2.82. The summed E-state index contributed by atoms with van der Waals surface area (Å²) < 4.78 is 4.85. The molecule has 0 fully saturated rings. The summed E-state index contributed by atoms with van der Waals surface area (Å²) in [4.78, 5) is 24.8. The number of hydrogen-bond acceptors (Lipinski definition) is 3. The number of fused-ring (bicyclic) bond motifs is 1. The molecule has 94 valence electrons. The summed E-state index contributed by atoms with van der Waals surface area (Å²) in [6.07, 6.45) is 0.672. The van der Waals surface area contributed by atoms with Crippen molar-refractivity contribution in [1.82, 2.24) is 20.4 Å². The number of carbonyl (C=O) groups excluding carboxylic acids is 1. The molecule has 3 N–H and O–H groups in total. The number of methoxy groups -OCH3 is 1. The molecule has 17 heavy (non-hydrogen) atoms. The van der Waals surface area contributed by atoms with Gasteiger partial charge in [-0.1, -0.05) is 0 Å². The maximum atomic E-state index is 11.8. The molecule has 1 aromatic rings. The summed E-state index contributed by atoms with van der Waals surface area (Å²) in [6, 6.07) is -0.159. The number of ether oxygens (including phenoxy) is 1. The summed E-state index contributed by atoms with van der Waals surface area (Å²) in [5.41, 5.74) is 1.41. The summed E-state index contributed by atoms with van der Waals surface area (Å²) in [5, 5.41) is 8.09. The molecule has 2 rings (SSSR count). The van der Waals surface area contributed by atoms with Crippen LogP contribution in [-0.2, 0) is 17.7 Å². The average molecular weight is 240 g/mol. The van der Waals surface area contributed by atoms with Gasteiger partial charge in [-0.05, 0) is 0 Å². The molecule has 0 saturated carbocycles. The number of carbonyl (C=O) groups is 1. The Morgan fingerprint density at radius 1 is 1.53 bits per heavy atom. The van der Waals surface area contributed by atoms with Crippen LogP contribution in [0.15, 0.2) is 4.79 Å². The maximum absolute atomic E-state index is 11.8. The highest BCUT2D eigenvalue weighted by atomic mass is 16.5. The summed E-state index contributed by atoms with van der Waals surface area (Å²) in [7, 11) is 1.58. The minimum Gasteiger partial charge on any atom is -0.383 e. The molecular weight excluding hydrogens is 224 g/mol. The van der Waals surface area contributed by atoms with E-state index in [9.17, 15) is 9.59 Å². The second-order valence-corrected chi connectivity index (χ2v) is 3.93. The molecule has 2 amide bonds. The molecule has 1 aliphatic heterocycles. The lowest BCUT2D eigenvalue weighted by Gasteiger charge is -2.26. The number of nitrogens with one attached hydrogen (secondary N) is 3. The Balaban J connectivity index is 1.95. The Morgan fingerprint density at radius 3 is 3.12 bits per heavy atom. The Kier molecular flexibility index (Phi) is 3.48. The molecule has 1 aliphatic rings. The minimum absolute atomic E-state index is 0.144. The smallest absolute Gasteiger partial charge is 0.317 e. The van der Waals surface area contributed by atoms with E-state index in [0.29, 0.717) is 38.2 Å². The molecule has 0 unspecified atom stereocenters. The van der Waals surface area contributed by atoms with Crippen LogP contribution in [-0.4, -0.2) is 47.9 Å². The molecule has 0 spiro atoms. The molecule has 0 aromatic carbocycles. The first-order chi connectivity index (χ1) is 8.22. The number of H-pyrrole nitrogens is 2. The van der Waals surface area contributed by atoms with Crippen molar-refractivity contribution >= 4 is 6.03 Å². The van der Waals surface area contributed by atoms with Gasteiger partial charge in [-0.2, -0.15) is 0 Å². The van der Waals surface area contributed by atoms with Crippen molar-refractivity contribution in [2.45, 2.75) is 13.0 Å². The van der Waals surface area contributed by atoms with Crippen molar-refractivity contribution in [2.24, 2.45) is 0 Å². The minimum atomic E-state index is -0.159. The number of urea groups is 1. The van der Waals surface area contributed by atoms with Crippen LogP contribution in [0.5, 0.6) is 0 Å². The zero-order chi connectivity index (χ0) is 12.3. The van der Waals surface area contributed by atoms with E-state index in [0.717, 1.165) is 5.69 Å². The van der Waals surface area contributed by atoms with Gasteiger partial charge in [0.15, 0.2) is 0 Å². The van der Waals surface area contributed by atoms with Gasteiger partial charge in [-0.3, -0.25) is 9.89 Å². The van der Waals surface area contributed by atoms with Crippen LogP contribution < -0.4 is 10.9 Å². The predicted molar refractivity (Wildman–Crippen MR) is 60.8 cm³/mol. The fourth-order valence-corrected chi connectivity index (χ4v) is 1.86. The molecule has 2 heterocycles. The van der Waals surface area contributed by atoms with Gasteiger partial charge < -0.3 is 20.1 Å². The fourth-order valence-electron chi connectivity index (χ4n) is 1.86. The van der Waals surface area contributed by atoms with Crippen molar-refractivity contribution < 1.29 is 9.53 Å². The molecule has 0 radical (unpaired) electrons. The van der Waals surface area contributed by atoms with Gasteiger partial charge in [-0.25, -0.2) is 4.79 Å². The Hall–Kier alpha value is -1.76. The SMILES string of the molecule is COCCNC(=O)N1CCc2[nH][nH]c(=O)c2C1. The van der Waals surface area contributed by atoms with Crippen molar-refractivity contribution in [3.05, 3.63) is 21.6 Å². The van der Waals surface area contributed by atoms with Gasteiger partial charge in [0, 0.05) is 32.3 Å². The van der Waals surface area contributed by atoms with E-state index in [2.05, 4.69) is 15.5 Å². The van der Waals surface area contributed by atoms with Gasteiger partial charge in [0.2, 0.25) is 0 Å². The Bertz CT molecular complexity index is 451. The van der Waals surface area contributed by atoms with Crippen LogP contribution in [0.25, 0.3) is 0 Å². The summed E-state index contributed by atoms with van der Waals surface area (Å²) >= 11 is 0. The predicted octanol–water partition coefficient (Wildman–Crippen LogP) is -0.583. The summed E-state index contributed by atoms with van der Waals surface area (Å²) in [6.45, 7) is 1.92. The maximum Gasteiger partial charge on any atom is 0.317 e. The Labute approximate surface area is 98.1 Å². The fraction of sp³-hybridized carbons (Fsp3) is 0.600. The van der Waals surface area contributed by atoms with Gasteiger partial charge in [0.1, 0.15) is 0 Å². The second kappa shape index (κ2) is 5.05. The highest BCUT2D eigenvalue weighted by Gasteiger charge is 2.23. The van der Waals surface area contributed by atoms with E-state index >= 15 is 0 Å². The van der Waals surface area contributed by atoms with E-state index in [4.69, 9.17) is 4.74 Å². The highest BCUT2D eigenvalue weighted by Crippen LogP contribution is 2.12. The van der Waals surface area contributed by atoms with Gasteiger partial charge >= 0.3 is 6.03 Å². The molecule has 1 aromatic heterocycles. The first-order valence-electron chi connectivity index (χ1n) is 5.52. The van der Waals surface area contributed by atoms with E-state index in [1.807, 2.05) is 0 Å². The van der Waals surface area contributed by atoms with Gasteiger partial charge in [-0.15, -0.1) is 0 Å². The quantitative estimate of drug-likeness (QED) is 0.617. The van der Waals surface area contributed by atoms with Crippen LogP contribution in [0.1, 0.15) is 11.3 Å². The summed E-state index contributed by atoms with van der Waals surface area (Å²) in [5.74, 6) is 0. The van der Waals surface area contributed by atoms with E-state index in [1.165, 1.54) is 0 Å². The van der Waals surface area contributed by atoms with Gasteiger partial charge in [0.25, 0.3) is 5.56 Å². The number of rotatable bonds is 3. The first-order valence-corrected chi connectivity index (χ1v) is 5.52. The topological polar surface area (TPSA) is 90.2 Å². The zero-order valence-corrected chi connectivity index (χ0v) is 9.71. The van der Waals surface area contributed by atoms with E-state index in [-0.39, 0.29) is 11.6 Å². The van der Waals surface area contributed by atoms with Crippen molar-refractivity contribution in [3.63, 3.8) is 0 Å². The molecule has 0 atom stereocenters. The second-order valence-electron chi connectivity index (χ2n) is 3.93. The molecule has 0 saturated heterocycles. The monoisotopic (exact) mass is 240 g/mol. The number of hydrogen-bond donors (Lipinski definition) is 3. The van der Waals surface area contributed by atoms with Crippen LogP contribution in [0.4, 0.5) is 4.79 Å². The lowest BCUT2D eigenvalue weighted by molar-refractivity contribution is 0.176. The molecule has 0 bridgehead atoms. The largest absolute Gasteiger partial charge is 0.383 e.